The molecule has 4 heterocycles. The molecule has 8 rings (SSSR count). The normalized spacial score (nSPS) is 18.8. The van der Waals surface area contributed by atoms with Crippen LogP contribution in [0, 0.1) is 12.3 Å². The van der Waals surface area contributed by atoms with E-state index < -0.39 is 34.2 Å². The van der Waals surface area contributed by atoms with Gasteiger partial charge in [0.15, 0.2) is 10.8 Å². The van der Waals surface area contributed by atoms with Crippen LogP contribution < -0.4 is 15.4 Å². The van der Waals surface area contributed by atoms with Crippen molar-refractivity contribution in [2.24, 2.45) is 10.6 Å². The number of benzene rings is 4. The van der Waals surface area contributed by atoms with Crippen molar-refractivity contribution in [3.8, 4) is 5.75 Å². The highest BCUT2D eigenvalue weighted by molar-refractivity contribution is 8.00. The Balaban J connectivity index is 1.00. The number of β-lactam (4-membered cyclic amide) rings is 1. The number of carbonyl (C=O) groups excluding carboxylic acids is 3. The Labute approximate surface area is 365 Å². The van der Waals surface area contributed by atoms with Crippen LogP contribution in [0.25, 0.3) is 6.08 Å². The Kier molecular flexibility index (Phi) is 12.3. The van der Waals surface area contributed by atoms with Crippen molar-refractivity contribution in [2.75, 3.05) is 31.8 Å². The van der Waals surface area contributed by atoms with E-state index >= 15 is 0 Å². The highest BCUT2D eigenvalue weighted by Crippen LogP contribution is 2.45. The van der Waals surface area contributed by atoms with Gasteiger partial charge in [0.2, 0.25) is 5.91 Å². The first-order chi connectivity index (χ1) is 29.7. The molecule has 2 amide bonds. The summed E-state index contributed by atoms with van der Waals surface area (Å²) in [7, 11) is 2.94. The van der Waals surface area contributed by atoms with Crippen molar-refractivity contribution >= 4 is 69.1 Å². The number of hydrogen-bond acceptors (Lipinski definition) is 13. The lowest BCUT2D eigenvalue weighted by molar-refractivity contribution is -0.160. The number of oxime groups is 1. The molecule has 0 radical (unpaired) electrons. The molecule has 12 nitrogen and oxygen atoms in total. The summed E-state index contributed by atoms with van der Waals surface area (Å²) in [6.07, 6.45) is 3.70. The average Bonchev–Trinajstić information content (AvgIpc) is 3.96. The molecule has 15 heteroatoms. The third kappa shape index (κ3) is 8.41. The van der Waals surface area contributed by atoms with Gasteiger partial charge in [-0.2, -0.15) is 0 Å². The highest BCUT2D eigenvalue weighted by atomic mass is 32.2. The van der Waals surface area contributed by atoms with Crippen molar-refractivity contribution in [1.29, 1.82) is 0 Å². The maximum absolute atomic E-state index is 14.0. The molecule has 0 aliphatic carbocycles. The number of anilines is 1. The smallest absolute Gasteiger partial charge is 0.318 e. The maximum atomic E-state index is 14.0. The number of nitrogens with zero attached hydrogens (tertiary/aromatic N) is 4. The first kappa shape index (κ1) is 41.4. The van der Waals surface area contributed by atoms with E-state index in [1.54, 1.807) is 35.0 Å². The van der Waals surface area contributed by atoms with Crippen molar-refractivity contribution in [3.63, 3.8) is 0 Å². The lowest BCUT2D eigenvalue weighted by Crippen LogP contribution is -2.73. The number of ether oxygens (including phenoxy) is 2. The summed E-state index contributed by atoms with van der Waals surface area (Å²) in [5.41, 5.74) is 4.58. The summed E-state index contributed by atoms with van der Waals surface area (Å²) in [5, 5.41) is 12.6. The van der Waals surface area contributed by atoms with Gasteiger partial charge in [-0.3, -0.25) is 14.4 Å². The van der Waals surface area contributed by atoms with Gasteiger partial charge in [-0.05, 0) is 47.4 Å². The van der Waals surface area contributed by atoms with Gasteiger partial charge in [-0.15, -0.1) is 34.4 Å². The van der Waals surface area contributed by atoms with E-state index in [1.165, 1.54) is 41.5 Å². The van der Waals surface area contributed by atoms with Gasteiger partial charge in [-0.1, -0.05) is 114 Å². The van der Waals surface area contributed by atoms with E-state index in [-0.39, 0.29) is 30.5 Å². The van der Waals surface area contributed by atoms with E-state index in [0.29, 0.717) is 16.6 Å². The van der Waals surface area contributed by atoms with Crippen LogP contribution in [0.1, 0.15) is 38.5 Å². The molecule has 3 atom stereocenters. The molecule has 4 aromatic carbocycles. The number of aryl methyl sites for hydroxylation is 1. The quantitative estimate of drug-likeness (QED) is 0.0350. The van der Waals surface area contributed by atoms with E-state index in [9.17, 15) is 14.4 Å². The maximum Gasteiger partial charge on any atom is 0.318 e. The van der Waals surface area contributed by atoms with E-state index in [0.717, 1.165) is 32.8 Å². The van der Waals surface area contributed by atoms with Crippen molar-refractivity contribution < 1.29 is 28.7 Å². The Morgan fingerprint density at radius 1 is 0.918 bits per heavy atom. The Bertz CT molecular complexity index is 2450. The van der Waals surface area contributed by atoms with Crippen LogP contribution in [0.3, 0.4) is 0 Å². The van der Waals surface area contributed by atoms with Crippen molar-refractivity contribution in [1.82, 2.24) is 20.2 Å². The molecule has 6 aromatic rings. The predicted octanol–water partition coefficient (Wildman–Crippen LogP) is 7.51. The molecule has 0 saturated carbocycles. The van der Waals surface area contributed by atoms with Gasteiger partial charge in [-0.25, -0.2) is 9.97 Å². The third-order valence-corrected chi connectivity index (χ3v) is 13.9. The van der Waals surface area contributed by atoms with E-state index in [4.69, 9.17) is 19.3 Å². The van der Waals surface area contributed by atoms with Gasteiger partial charge in [0.05, 0.1) is 18.3 Å². The predicted molar refractivity (Wildman–Crippen MR) is 239 cm³/mol. The van der Waals surface area contributed by atoms with Crippen LogP contribution >= 0.6 is 34.4 Å². The summed E-state index contributed by atoms with van der Waals surface area (Å²) >= 11 is 4.20. The molecule has 2 fully saturated rings. The number of methoxy groups -OCH3 is 1. The number of amides is 2. The zero-order valence-electron chi connectivity index (χ0n) is 33.5. The summed E-state index contributed by atoms with van der Waals surface area (Å²) in [5.74, 6) is -0.379. The number of thiazole rings is 2. The second kappa shape index (κ2) is 18.1. The number of carbonyl (C=O) groups is 3. The minimum atomic E-state index is -1.14. The summed E-state index contributed by atoms with van der Waals surface area (Å²) < 4.78 is 11.1. The minimum absolute atomic E-state index is 0.0555. The van der Waals surface area contributed by atoms with Crippen molar-refractivity contribution in [2.45, 2.75) is 30.5 Å². The molecular weight excluding hydrogens is 829 g/mol. The van der Waals surface area contributed by atoms with E-state index in [1.807, 2.05) is 85.8 Å². The fraction of sp³-hybridized carbons (Fsp3) is 0.217. The SMILES string of the molecule is CON=C(C(=O)NC1C(=O)N2CC(C=Cc3scnc3C)(C(=O)OCc3ccc(OC)cc3)CS[C@H]12)c1csc(NC(c2ccccc2)(c2ccccc2)c2ccccc2)n1. The number of thioether (sulfide) groups is 1. The number of rotatable bonds is 15. The summed E-state index contributed by atoms with van der Waals surface area (Å²) in [6, 6.07) is 36.8. The number of hydrogen-bond donors (Lipinski definition) is 2. The molecular formula is C46H42N6O6S3. The second-order valence-electron chi connectivity index (χ2n) is 14.5. The zero-order chi connectivity index (χ0) is 42.4. The van der Waals surface area contributed by atoms with Gasteiger partial charge >= 0.3 is 5.97 Å². The molecule has 310 valence electrons. The van der Waals surface area contributed by atoms with Gasteiger partial charge in [0.25, 0.3) is 5.91 Å². The fourth-order valence-corrected chi connectivity index (χ4v) is 10.4. The molecule has 2 unspecified atom stereocenters. The third-order valence-electron chi connectivity index (χ3n) is 10.7. The molecule has 2 aliphatic rings. The van der Waals surface area contributed by atoms with Gasteiger partial charge in [0, 0.05) is 22.6 Å². The second-order valence-corrected chi connectivity index (χ2v) is 17.3. The Morgan fingerprint density at radius 2 is 1.56 bits per heavy atom. The molecule has 2 N–H and O–H groups in total. The Hall–Kier alpha value is -6.29. The average molecular weight is 871 g/mol. The standard InChI is InChI=1S/C46H42N6O6S3/c1-30-37(61-29-47-30)23-24-45(43(55)58-25-31-19-21-35(56-2)22-20-31)27-52-41(54)39(42(52)60-28-45)49-40(53)38(51-57-3)36-26-59-44(48-36)50-46(32-13-7-4-8-14-32,33-15-9-5-10-16-33)34-17-11-6-12-18-34/h4-24,26,29,39,42H,25,27-28H2,1-3H3,(H,48,50)(H,49,53)/t39?,42-,45?/m1/s1. The van der Waals surface area contributed by atoms with Crippen molar-refractivity contribution in [3.05, 3.63) is 171 Å². The lowest BCUT2D eigenvalue weighted by atomic mass is 9.77. The first-order valence-electron chi connectivity index (χ1n) is 19.4. The van der Waals surface area contributed by atoms with Crippen LogP contribution in [0.15, 0.2) is 137 Å². The van der Waals surface area contributed by atoms with Gasteiger partial charge in [0.1, 0.15) is 47.5 Å². The molecule has 0 spiro atoms. The largest absolute Gasteiger partial charge is 0.497 e. The van der Waals surface area contributed by atoms with Crippen LogP contribution in [-0.4, -0.2) is 76.3 Å². The minimum Gasteiger partial charge on any atom is -0.497 e. The van der Waals surface area contributed by atoms with Gasteiger partial charge < -0.3 is 29.8 Å². The van der Waals surface area contributed by atoms with Crippen LogP contribution in [0.2, 0.25) is 0 Å². The van der Waals surface area contributed by atoms with Crippen LogP contribution in [-0.2, 0) is 36.1 Å². The number of aromatic nitrogens is 2. The highest BCUT2D eigenvalue weighted by Gasteiger charge is 2.57. The zero-order valence-corrected chi connectivity index (χ0v) is 36.0. The Morgan fingerprint density at radius 3 is 2.13 bits per heavy atom. The molecule has 2 aliphatic heterocycles. The van der Waals surface area contributed by atoms with E-state index in [2.05, 4.69) is 57.2 Å². The molecule has 2 aromatic heterocycles. The molecule has 61 heavy (non-hydrogen) atoms. The first-order valence-corrected chi connectivity index (χ1v) is 22.2. The fourth-order valence-electron chi connectivity index (χ4n) is 7.49. The van der Waals surface area contributed by atoms with Crippen LogP contribution in [0.4, 0.5) is 5.13 Å². The summed E-state index contributed by atoms with van der Waals surface area (Å²) in [6.45, 7) is 2.04. The number of esters is 1. The number of fused-ring (bicyclic) bond motifs is 1. The number of nitrogens with one attached hydrogen (secondary N) is 2. The topological polar surface area (TPSA) is 144 Å². The monoisotopic (exact) mass is 870 g/mol. The lowest BCUT2D eigenvalue weighted by Gasteiger charge is -2.53. The molecule has 2 saturated heterocycles. The molecule has 0 bridgehead atoms. The summed E-state index contributed by atoms with van der Waals surface area (Å²) in [4.78, 5) is 58.7. The van der Waals surface area contributed by atoms with Crippen LogP contribution in [0.5, 0.6) is 5.75 Å².